The largest absolute Gasteiger partial charge is 0.343 e. The first-order chi connectivity index (χ1) is 8.16. The van der Waals surface area contributed by atoms with Crippen LogP contribution in [0, 0.1) is 6.92 Å². The molecule has 1 saturated heterocycles. The summed E-state index contributed by atoms with van der Waals surface area (Å²) in [6, 6.07) is 5.98. The van der Waals surface area contributed by atoms with Gasteiger partial charge in [-0.05, 0) is 43.4 Å². The Kier molecular flexibility index (Phi) is 4.06. The molecule has 2 nitrogen and oxygen atoms in total. The van der Waals surface area contributed by atoms with E-state index in [0.717, 1.165) is 42.9 Å². The lowest BCUT2D eigenvalue weighted by Crippen LogP contribution is -2.27. The summed E-state index contributed by atoms with van der Waals surface area (Å²) in [6.45, 7) is 3.88. The third-order valence-electron chi connectivity index (χ3n) is 3.31. The van der Waals surface area contributed by atoms with Crippen LogP contribution in [0.15, 0.2) is 18.2 Å². The average Bonchev–Trinajstić information content (AvgIpc) is 2.84. The molecule has 0 saturated carbocycles. The van der Waals surface area contributed by atoms with Crippen molar-refractivity contribution >= 4 is 17.5 Å². The van der Waals surface area contributed by atoms with E-state index in [9.17, 15) is 4.79 Å². The van der Waals surface area contributed by atoms with Crippen LogP contribution < -0.4 is 0 Å². The van der Waals surface area contributed by atoms with Crippen LogP contribution in [0.25, 0.3) is 0 Å². The second-order valence-corrected chi connectivity index (χ2v) is 5.08. The minimum atomic E-state index is 0.287. The molecule has 0 aromatic heterocycles. The van der Waals surface area contributed by atoms with Crippen molar-refractivity contribution in [1.82, 2.24) is 4.90 Å². The fraction of sp³-hybridized carbons (Fsp3) is 0.500. The highest BCUT2D eigenvalue weighted by atomic mass is 35.5. The highest BCUT2D eigenvalue weighted by Gasteiger charge is 2.17. The molecule has 1 fully saturated rings. The summed E-state index contributed by atoms with van der Waals surface area (Å²) in [5, 5.41) is 0.791. The van der Waals surface area contributed by atoms with E-state index < -0.39 is 0 Å². The molecule has 0 spiro atoms. The van der Waals surface area contributed by atoms with Crippen molar-refractivity contribution in [1.29, 1.82) is 0 Å². The van der Waals surface area contributed by atoms with E-state index in [1.54, 1.807) is 0 Å². The van der Waals surface area contributed by atoms with Crippen molar-refractivity contribution < 1.29 is 4.79 Å². The molecule has 0 aliphatic carbocycles. The Morgan fingerprint density at radius 3 is 2.71 bits per heavy atom. The maximum absolute atomic E-state index is 11.9. The van der Waals surface area contributed by atoms with Crippen molar-refractivity contribution in [2.75, 3.05) is 13.1 Å². The van der Waals surface area contributed by atoms with E-state index in [2.05, 4.69) is 6.07 Å². The van der Waals surface area contributed by atoms with Gasteiger partial charge in [-0.25, -0.2) is 0 Å². The van der Waals surface area contributed by atoms with Crippen LogP contribution >= 0.6 is 11.6 Å². The number of rotatable bonds is 3. The van der Waals surface area contributed by atoms with E-state index in [0.29, 0.717) is 6.42 Å². The van der Waals surface area contributed by atoms with Crippen LogP contribution in [0.3, 0.4) is 0 Å². The lowest BCUT2D eigenvalue weighted by atomic mass is 10.1. The first-order valence-corrected chi connectivity index (χ1v) is 6.57. The molecular weight excluding hydrogens is 234 g/mol. The normalized spacial score (nSPS) is 15.3. The Bertz CT molecular complexity index is 411. The van der Waals surface area contributed by atoms with Gasteiger partial charge in [-0.15, -0.1) is 0 Å². The molecule has 0 bridgehead atoms. The van der Waals surface area contributed by atoms with Gasteiger partial charge in [-0.2, -0.15) is 0 Å². The fourth-order valence-electron chi connectivity index (χ4n) is 2.24. The van der Waals surface area contributed by atoms with E-state index in [-0.39, 0.29) is 5.91 Å². The van der Waals surface area contributed by atoms with Crippen LogP contribution in [0.5, 0.6) is 0 Å². The van der Waals surface area contributed by atoms with Crippen molar-refractivity contribution in [3.8, 4) is 0 Å². The number of carbonyl (C=O) groups excluding carboxylic acids is 1. The monoisotopic (exact) mass is 251 g/mol. The van der Waals surface area contributed by atoms with Crippen LogP contribution in [0.1, 0.15) is 30.4 Å². The van der Waals surface area contributed by atoms with Crippen LogP contribution in [0.2, 0.25) is 5.02 Å². The van der Waals surface area contributed by atoms with E-state index in [1.165, 1.54) is 5.56 Å². The molecule has 0 N–H and O–H groups in total. The summed E-state index contributed by atoms with van der Waals surface area (Å²) in [4.78, 5) is 13.8. The van der Waals surface area contributed by atoms with Gasteiger partial charge < -0.3 is 4.90 Å². The molecule has 0 radical (unpaired) electrons. The number of nitrogens with zero attached hydrogens (tertiary/aromatic N) is 1. The topological polar surface area (TPSA) is 20.3 Å². The number of aryl methyl sites for hydroxylation is 2. The zero-order chi connectivity index (χ0) is 12.3. The average molecular weight is 252 g/mol. The van der Waals surface area contributed by atoms with Crippen LogP contribution in [0.4, 0.5) is 0 Å². The standard InChI is InChI=1S/C14H18ClNO/c1-11-10-12(4-6-13(11)15)5-7-14(17)16-8-2-3-9-16/h4,6,10H,2-3,5,7-9H2,1H3. The van der Waals surface area contributed by atoms with Crippen molar-refractivity contribution in [3.63, 3.8) is 0 Å². The van der Waals surface area contributed by atoms with E-state index >= 15 is 0 Å². The Hall–Kier alpha value is -1.02. The van der Waals surface area contributed by atoms with Gasteiger partial charge in [0, 0.05) is 24.5 Å². The third kappa shape index (κ3) is 3.22. The zero-order valence-electron chi connectivity index (χ0n) is 10.2. The third-order valence-corrected chi connectivity index (χ3v) is 3.73. The Morgan fingerprint density at radius 1 is 1.35 bits per heavy atom. The number of benzene rings is 1. The minimum Gasteiger partial charge on any atom is -0.343 e. The Balaban J connectivity index is 1.88. The van der Waals surface area contributed by atoms with Crippen molar-refractivity contribution in [3.05, 3.63) is 34.3 Å². The summed E-state index contributed by atoms with van der Waals surface area (Å²) in [6.07, 6.45) is 3.74. The Morgan fingerprint density at radius 2 is 2.06 bits per heavy atom. The molecule has 1 heterocycles. The predicted molar refractivity (Wildman–Crippen MR) is 70.3 cm³/mol. The molecule has 92 valence electrons. The number of hydrogen-bond donors (Lipinski definition) is 0. The molecule has 1 aromatic carbocycles. The predicted octanol–water partition coefficient (Wildman–Crippen LogP) is 3.20. The quantitative estimate of drug-likeness (QED) is 0.808. The van der Waals surface area contributed by atoms with Gasteiger partial charge in [0.1, 0.15) is 0 Å². The molecule has 0 unspecified atom stereocenters. The highest BCUT2D eigenvalue weighted by Crippen LogP contribution is 2.18. The second-order valence-electron chi connectivity index (χ2n) is 4.67. The van der Waals surface area contributed by atoms with Crippen molar-refractivity contribution in [2.45, 2.75) is 32.6 Å². The van der Waals surface area contributed by atoms with Gasteiger partial charge in [0.25, 0.3) is 0 Å². The molecule has 1 aliphatic rings. The maximum atomic E-state index is 11.9. The first kappa shape index (κ1) is 12.4. The fourth-order valence-corrected chi connectivity index (χ4v) is 2.36. The molecule has 1 amide bonds. The zero-order valence-corrected chi connectivity index (χ0v) is 11.0. The molecule has 17 heavy (non-hydrogen) atoms. The van der Waals surface area contributed by atoms with Gasteiger partial charge in [-0.3, -0.25) is 4.79 Å². The molecule has 1 aromatic rings. The van der Waals surface area contributed by atoms with Gasteiger partial charge >= 0.3 is 0 Å². The summed E-state index contributed by atoms with van der Waals surface area (Å²) in [5.41, 5.74) is 2.28. The molecule has 1 aliphatic heterocycles. The smallest absolute Gasteiger partial charge is 0.222 e. The summed E-state index contributed by atoms with van der Waals surface area (Å²) < 4.78 is 0. The summed E-state index contributed by atoms with van der Waals surface area (Å²) >= 11 is 5.97. The number of hydrogen-bond acceptors (Lipinski definition) is 1. The number of halogens is 1. The summed E-state index contributed by atoms with van der Waals surface area (Å²) in [7, 11) is 0. The number of carbonyl (C=O) groups is 1. The number of likely N-dealkylation sites (tertiary alicyclic amines) is 1. The lowest BCUT2D eigenvalue weighted by molar-refractivity contribution is -0.130. The highest BCUT2D eigenvalue weighted by molar-refractivity contribution is 6.31. The maximum Gasteiger partial charge on any atom is 0.222 e. The molecule has 0 atom stereocenters. The lowest BCUT2D eigenvalue weighted by Gasteiger charge is -2.15. The second kappa shape index (κ2) is 5.54. The SMILES string of the molecule is Cc1cc(CCC(=O)N2CCCC2)ccc1Cl. The van der Waals surface area contributed by atoms with E-state index in [1.807, 2.05) is 24.0 Å². The van der Waals surface area contributed by atoms with Crippen LogP contribution in [-0.4, -0.2) is 23.9 Å². The van der Waals surface area contributed by atoms with E-state index in [4.69, 9.17) is 11.6 Å². The number of amides is 1. The molecule has 3 heteroatoms. The van der Waals surface area contributed by atoms with Gasteiger partial charge in [-0.1, -0.05) is 23.7 Å². The van der Waals surface area contributed by atoms with Gasteiger partial charge in [0.15, 0.2) is 0 Å². The molecule has 2 rings (SSSR count). The summed E-state index contributed by atoms with van der Waals surface area (Å²) in [5.74, 6) is 0.287. The Labute approximate surface area is 108 Å². The van der Waals surface area contributed by atoms with Crippen LogP contribution in [-0.2, 0) is 11.2 Å². The van der Waals surface area contributed by atoms with Gasteiger partial charge in [0.2, 0.25) is 5.91 Å². The van der Waals surface area contributed by atoms with Crippen molar-refractivity contribution in [2.24, 2.45) is 0 Å². The van der Waals surface area contributed by atoms with Gasteiger partial charge in [0.05, 0.1) is 0 Å². The molecular formula is C14H18ClNO. The first-order valence-electron chi connectivity index (χ1n) is 6.19. The minimum absolute atomic E-state index is 0.287.